The summed E-state index contributed by atoms with van der Waals surface area (Å²) < 4.78 is 0. The van der Waals surface area contributed by atoms with Gasteiger partial charge in [-0.1, -0.05) is 30.3 Å². The lowest BCUT2D eigenvalue weighted by Gasteiger charge is -2.13. The maximum absolute atomic E-state index is 12.5. The van der Waals surface area contributed by atoms with Gasteiger partial charge in [0.15, 0.2) is 5.11 Å². The number of carbonyl (C=O) groups is 1. The summed E-state index contributed by atoms with van der Waals surface area (Å²) in [7, 11) is 0. The lowest BCUT2D eigenvalue weighted by Crippen LogP contribution is -2.30. The van der Waals surface area contributed by atoms with E-state index in [0.29, 0.717) is 11.3 Å². The Labute approximate surface area is 137 Å². The molecule has 0 aromatic heterocycles. The molecule has 0 aliphatic carbocycles. The zero-order valence-electron chi connectivity index (χ0n) is 11.8. The SMILES string of the molecule is O=C1C(=Cc2cccc([N+](=O)[O-])c2)NC(=S)N1c1ccccc1. The summed E-state index contributed by atoms with van der Waals surface area (Å²) in [6.07, 6.45) is 1.55. The van der Waals surface area contributed by atoms with Crippen molar-refractivity contribution >= 4 is 40.7 Å². The normalized spacial score (nSPS) is 15.8. The number of benzene rings is 2. The Bertz CT molecular complexity index is 833. The van der Waals surface area contributed by atoms with E-state index >= 15 is 0 Å². The van der Waals surface area contributed by atoms with Gasteiger partial charge in [-0.3, -0.25) is 19.8 Å². The van der Waals surface area contributed by atoms with Crippen molar-refractivity contribution in [2.45, 2.75) is 0 Å². The van der Waals surface area contributed by atoms with Gasteiger partial charge < -0.3 is 5.32 Å². The topological polar surface area (TPSA) is 75.5 Å². The minimum absolute atomic E-state index is 0.0349. The van der Waals surface area contributed by atoms with E-state index in [1.54, 1.807) is 30.3 Å². The molecule has 1 amide bonds. The predicted molar refractivity (Wildman–Crippen MR) is 90.7 cm³/mol. The third-order valence-electron chi connectivity index (χ3n) is 3.28. The molecule has 114 valence electrons. The third-order valence-corrected chi connectivity index (χ3v) is 3.57. The number of thiocarbonyl (C=S) groups is 1. The first kappa shape index (κ1) is 14.9. The molecule has 1 N–H and O–H groups in total. The lowest BCUT2D eigenvalue weighted by atomic mass is 10.1. The number of non-ortho nitro benzene ring substituents is 1. The molecular weight excluding hydrogens is 314 g/mol. The second kappa shape index (κ2) is 5.98. The predicted octanol–water partition coefficient (Wildman–Crippen LogP) is 2.86. The number of amides is 1. The summed E-state index contributed by atoms with van der Waals surface area (Å²) in [4.78, 5) is 24.2. The molecule has 1 aliphatic rings. The van der Waals surface area contributed by atoms with Gasteiger partial charge in [-0.05, 0) is 36.0 Å². The minimum Gasteiger partial charge on any atom is -0.327 e. The fourth-order valence-corrected chi connectivity index (χ4v) is 2.54. The molecule has 1 fully saturated rings. The first-order chi connectivity index (χ1) is 11.1. The number of rotatable bonds is 3. The maximum Gasteiger partial charge on any atom is 0.281 e. The second-order valence-electron chi connectivity index (χ2n) is 4.82. The number of para-hydroxylation sites is 1. The molecule has 0 atom stereocenters. The highest BCUT2D eigenvalue weighted by Gasteiger charge is 2.31. The Morgan fingerprint density at radius 3 is 2.57 bits per heavy atom. The monoisotopic (exact) mass is 325 g/mol. The number of carbonyl (C=O) groups excluding carboxylic acids is 1. The maximum atomic E-state index is 12.5. The van der Waals surface area contributed by atoms with Crippen LogP contribution in [0.5, 0.6) is 0 Å². The molecule has 3 rings (SSSR count). The molecule has 2 aromatic rings. The van der Waals surface area contributed by atoms with Crippen LogP contribution in [0.1, 0.15) is 5.56 Å². The van der Waals surface area contributed by atoms with Gasteiger partial charge in [0, 0.05) is 12.1 Å². The highest BCUT2D eigenvalue weighted by Crippen LogP contribution is 2.23. The zero-order valence-corrected chi connectivity index (χ0v) is 12.6. The van der Waals surface area contributed by atoms with Crippen LogP contribution in [0.4, 0.5) is 11.4 Å². The van der Waals surface area contributed by atoms with Crippen LogP contribution in [0, 0.1) is 10.1 Å². The van der Waals surface area contributed by atoms with Crippen LogP contribution in [-0.2, 0) is 4.79 Å². The van der Waals surface area contributed by atoms with Crippen molar-refractivity contribution in [2.75, 3.05) is 4.90 Å². The van der Waals surface area contributed by atoms with E-state index in [1.807, 2.05) is 18.2 Å². The van der Waals surface area contributed by atoms with Gasteiger partial charge >= 0.3 is 0 Å². The van der Waals surface area contributed by atoms with Crippen molar-refractivity contribution in [3.8, 4) is 0 Å². The summed E-state index contributed by atoms with van der Waals surface area (Å²) in [5, 5.41) is 13.9. The van der Waals surface area contributed by atoms with E-state index in [0.717, 1.165) is 0 Å². The van der Waals surface area contributed by atoms with E-state index < -0.39 is 4.92 Å². The van der Waals surface area contributed by atoms with Gasteiger partial charge in [0.05, 0.1) is 10.6 Å². The Kier molecular flexibility index (Phi) is 3.86. The number of hydrogen-bond acceptors (Lipinski definition) is 4. The standard InChI is InChI=1S/C16H11N3O3S/c20-15-14(10-11-5-4-8-13(9-11)19(21)22)17-16(23)18(15)12-6-2-1-3-7-12/h1-10H,(H,17,23). The van der Waals surface area contributed by atoms with Crippen molar-refractivity contribution in [2.24, 2.45) is 0 Å². The number of nitro benzene ring substituents is 1. The van der Waals surface area contributed by atoms with E-state index in [2.05, 4.69) is 5.32 Å². The van der Waals surface area contributed by atoms with Gasteiger partial charge in [-0.2, -0.15) is 0 Å². The molecule has 1 aliphatic heterocycles. The van der Waals surface area contributed by atoms with Crippen molar-refractivity contribution in [1.82, 2.24) is 5.32 Å². The van der Waals surface area contributed by atoms with Crippen molar-refractivity contribution in [3.05, 3.63) is 76.0 Å². The van der Waals surface area contributed by atoms with E-state index in [1.165, 1.54) is 17.0 Å². The first-order valence-electron chi connectivity index (χ1n) is 6.73. The van der Waals surface area contributed by atoms with E-state index in [9.17, 15) is 14.9 Å². The third kappa shape index (κ3) is 2.95. The van der Waals surface area contributed by atoms with E-state index in [4.69, 9.17) is 12.2 Å². The molecule has 0 radical (unpaired) electrons. The summed E-state index contributed by atoms with van der Waals surface area (Å²) in [5.41, 5.74) is 1.46. The van der Waals surface area contributed by atoms with Gasteiger partial charge in [0.2, 0.25) is 0 Å². The zero-order chi connectivity index (χ0) is 16.4. The van der Waals surface area contributed by atoms with Crippen LogP contribution in [0.3, 0.4) is 0 Å². The molecule has 0 spiro atoms. The van der Waals surface area contributed by atoms with Gasteiger partial charge in [0.25, 0.3) is 11.6 Å². The van der Waals surface area contributed by atoms with Crippen LogP contribution in [-0.4, -0.2) is 15.9 Å². The number of nitrogens with zero attached hydrogens (tertiary/aromatic N) is 2. The van der Waals surface area contributed by atoms with Crippen LogP contribution in [0.15, 0.2) is 60.3 Å². The Balaban J connectivity index is 1.93. The average Bonchev–Trinajstić information content (AvgIpc) is 2.82. The molecule has 0 unspecified atom stereocenters. The highest BCUT2D eigenvalue weighted by molar-refractivity contribution is 7.80. The smallest absolute Gasteiger partial charge is 0.281 e. The molecule has 6 nitrogen and oxygen atoms in total. The van der Waals surface area contributed by atoms with Gasteiger partial charge in [-0.25, -0.2) is 0 Å². The van der Waals surface area contributed by atoms with Gasteiger partial charge in [0.1, 0.15) is 5.70 Å². The van der Waals surface area contributed by atoms with Crippen molar-refractivity contribution < 1.29 is 9.72 Å². The van der Waals surface area contributed by atoms with Crippen LogP contribution in [0.2, 0.25) is 0 Å². The second-order valence-corrected chi connectivity index (χ2v) is 5.20. The minimum atomic E-state index is -0.479. The summed E-state index contributed by atoms with van der Waals surface area (Å²) in [6, 6.07) is 15.1. The largest absolute Gasteiger partial charge is 0.327 e. The van der Waals surface area contributed by atoms with Crippen LogP contribution >= 0.6 is 12.2 Å². The molecule has 0 saturated carbocycles. The Morgan fingerprint density at radius 1 is 1.13 bits per heavy atom. The molecule has 23 heavy (non-hydrogen) atoms. The Hall–Kier alpha value is -3.06. The van der Waals surface area contributed by atoms with E-state index in [-0.39, 0.29) is 22.4 Å². The molecular formula is C16H11N3O3S. The fourth-order valence-electron chi connectivity index (χ4n) is 2.24. The molecule has 1 saturated heterocycles. The fraction of sp³-hybridized carbons (Fsp3) is 0. The highest BCUT2D eigenvalue weighted by atomic mass is 32.1. The molecule has 0 bridgehead atoms. The molecule has 7 heteroatoms. The van der Waals surface area contributed by atoms with Crippen molar-refractivity contribution in [1.29, 1.82) is 0 Å². The quantitative estimate of drug-likeness (QED) is 0.406. The average molecular weight is 325 g/mol. The van der Waals surface area contributed by atoms with Gasteiger partial charge in [-0.15, -0.1) is 0 Å². The first-order valence-corrected chi connectivity index (χ1v) is 7.14. The summed E-state index contributed by atoms with van der Waals surface area (Å²) in [6.45, 7) is 0. The number of hydrogen-bond donors (Lipinski definition) is 1. The lowest BCUT2D eigenvalue weighted by molar-refractivity contribution is -0.384. The number of nitrogens with one attached hydrogen (secondary N) is 1. The summed E-state index contributed by atoms with van der Waals surface area (Å²) in [5.74, 6) is -0.298. The van der Waals surface area contributed by atoms with Crippen LogP contribution in [0.25, 0.3) is 6.08 Å². The number of nitro groups is 1. The van der Waals surface area contributed by atoms with Crippen LogP contribution < -0.4 is 10.2 Å². The number of anilines is 1. The molecule has 1 heterocycles. The molecule has 2 aromatic carbocycles. The summed E-state index contributed by atoms with van der Waals surface area (Å²) >= 11 is 5.21. The van der Waals surface area contributed by atoms with Crippen molar-refractivity contribution in [3.63, 3.8) is 0 Å². The Morgan fingerprint density at radius 2 is 1.87 bits per heavy atom.